The van der Waals surface area contributed by atoms with Gasteiger partial charge in [0, 0.05) is 0 Å². The second-order valence-electron chi connectivity index (χ2n) is 3.14. The van der Waals surface area contributed by atoms with E-state index in [0.717, 1.165) is 0 Å². The van der Waals surface area contributed by atoms with Crippen molar-refractivity contribution in [2.75, 3.05) is 12.4 Å². The molecule has 0 aliphatic carbocycles. The standard InChI is InChI=1S/C8H14O2.CH3Br/c1-5-6-10-7(9)8(2,3)4;1-2/h5H,1,6H2,2-4H3;1H3. The summed E-state index contributed by atoms with van der Waals surface area (Å²) in [6.07, 6.45) is 1.56. The lowest BCUT2D eigenvalue weighted by Gasteiger charge is -2.15. The lowest BCUT2D eigenvalue weighted by molar-refractivity contribution is -0.151. The Labute approximate surface area is 83.1 Å². The molecule has 0 unspecified atom stereocenters. The van der Waals surface area contributed by atoms with E-state index in [1.54, 1.807) is 6.08 Å². The summed E-state index contributed by atoms with van der Waals surface area (Å²) in [7, 11) is 0. The topological polar surface area (TPSA) is 26.3 Å². The average Bonchev–Trinajstić information content (AvgIpc) is 2.02. The summed E-state index contributed by atoms with van der Waals surface area (Å²) in [5, 5.41) is 0. The molecule has 0 heterocycles. The maximum absolute atomic E-state index is 11.0. The van der Waals surface area contributed by atoms with Gasteiger partial charge in [0.15, 0.2) is 0 Å². The maximum Gasteiger partial charge on any atom is 0.311 e. The molecular formula is C9H17BrO2. The van der Waals surface area contributed by atoms with Crippen LogP contribution in [0, 0.1) is 5.41 Å². The largest absolute Gasteiger partial charge is 0.461 e. The van der Waals surface area contributed by atoms with Crippen LogP contribution in [0.2, 0.25) is 0 Å². The van der Waals surface area contributed by atoms with Crippen LogP contribution >= 0.6 is 15.9 Å². The molecule has 0 spiro atoms. The van der Waals surface area contributed by atoms with Crippen molar-refractivity contribution in [3.63, 3.8) is 0 Å². The first-order valence-electron chi connectivity index (χ1n) is 3.64. The van der Waals surface area contributed by atoms with Gasteiger partial charge in [0.1, 0.15) is 6.61 Å². The number of hydrogen-bond acceptors (Lipinski definition) is 2. The van der Waals surface area contributed by atoms with Crippen molar-refractivity contribution >= 4 is 21.9 Å². The average molecular weight is 237 g/mol. The predicted octanol–water partition coefficient (Wildman–Crippen LogP) is 2.77. The van der Waals surface area contributed by atoms with E-state index >= 15 is 0 Å². The minimum atomic E-state index is -0.400. The Hall–Kier alpha value is -0.310. The summed E-state index contributed by atoms with van der Waals surface area (Å²) in [6.45, 7) is 9.19. The summed E-state index contributed by atoms with van der Waals surface area (Å²) >= 11 is 2.94. The minimum absolute atomic E-state index is 0.188. The SMILES string of the molecule is C=CCOC(=O)C(C)(C)C.CBr. The van der Waals surface area contributed by atoms with Crippen LogP contribution in [0.4, 0.5) is 0 Å². The van der Waals surface area contributed by atoms with Gasteiger partial charge in [-0.1, -0.05) is 28.6 Å². The van der Waals surface area contributed by atoms with Crippen LogP contribution in [0.1, 0.15) is 20.8 Å². The fourth-order valence-electron chi connectivity index (χ4n) is 0.351. The molecule has 0 bridgehead atoms. The van der Waals surface area contributed by atoms with E-state index < -0.39 is 5.41 Å². The quantitative estimate of drug-likeness (QED) is 0.419. The molecule has 12 heavy (non-hydrogen) atoms. The van der Waals surface area contributed by atoms with E-state index in [1.807, 2.05) is 26.6 Å². The molecule has 0 aromatic carbocycles. The third kappa shape index (κ3) is 7.79. The molecule has 0 radical (unpaired) electrons. The van der Waals surface area contributed by atoms with Gasteiger partial charge in [-0.2, -0.15) is 0 Å². The van der Waals surface area contributed by atoms with Crippen molar-refractivity contribution < 1.29 is 9.53 Å². The first-order valence-corrected chi connectivity index (χ1v) is 5.23. The number of hydrogen-bond donors (Lipinski definition) is 0. The third-order valence-electron chi connectivity index (χ3n) is 0.945. The van der Waals surface area contributed by atoms with Crippen molar-refractivity contribution in [3.8, 4) is 0 Å². The van der Waals surface area contributed by atoms with Gasteiger partial charge in [-0.25, -0.2) is 0 Å². The molecule has 0 saturated carbocycles. The van der Waals surface area contributed by atoms with Crippen LogP contribution in [-0.2, 0) is 9.53 Å². The van der Waals surface area contributed by atoms with E-state index in [1.165, 1.54) is 0 Å². The monoisotopic (exact) mass is 236 g/mol. The highest BCUT2D eigenvalue weighted by atomic mass is 79.9. The molecule has 0 aromatic heterocycles. The van der Waals surface area contributed by atoms with Crippen molar-refractivity contribution in [1.82, 2.24) is 0 Å². The molecule has 0 saturated heterocycles. The van der Waals surface area contributed by atoms with Crippen LogP contribution in [0.25, 0.3) is 0 Å². The van der Waals surface area contributed by atoms with Gasteiger partial charge in [-0.3, -0.25) is 4.79 Å². The van der Waals surface area contributed by atoms with Crippen molar-refractivity contribution in [2.45, 2.75) is 20.8 Å². The fourth-order valence-corrected chi connectivity index (χ4v) is 0.351. The summed E-state index contributed by atoms with van der Waals surface area (Å²) in [4.78, 5) is 11.0. The van der Waals surface area contributed by atoms with E-state index in [-0.39, 0.29) is 5.97 Å². The first kappa shape index (κ1) is 14.2. The van der Waals surface area contributed by atoms with Crippen LogP contribution in [-0.4, -0.2) is 18.4 Å². The van der Waals surface area contributed by atoms with Crippen LogP contribution in [0.5, 0.6) is 0 Å². The molecule has 0 fully saturated rings. The number of halogens is 1. The Balaban J connectivity index is 0. The van der Waals surface area contributed by atoms with Crippen LogP contribution < -0.4 is 0 Å². The Morgan fingerprint density at radius 2 is 1.92 bits per heavy atom. The highest BCUT2D eigenvalue weighted by Gasteiger charge is 2.22. The Morgan fingerprint density at radius 3 is 2.17 bits per heavy atom. The zero-order valence-corrected chi connectivity index (χ0v) is 9.77. The van der Waals surface area contributed by atoms with Crippen molar-refractivity contribution in [3.05, 3.63) is 12.7 Å². The van der Waals surface area contributed by atoms with E-state index in [4.69, 9.17) is 4.74 Å². The summed E-state index contributed by atoms with van der Waals surface area (Å²) in [5.41, 5.74) is -0.400. The third-order valence-corrected chi connectivity index (χ3v) is 0.945. The molecule has 72 valence electrons. The van der Waals surface area contributed by atoms with E-state index in [9.17, 15) is 4.79 Å². The Bertz CT molecular complexity index is 136. The predicted molar refractivity (Wildman–Crippen MR) is 55.5 cm³/mol. The van der Waals surface area contributed by atoms with Gasteiger partial charge < -0.3 is 4.74 Å². The summed E-state index contributed by atoms with van der Waals surface area (Å²) < 4.78 is 4.80. The smallest absolute Gasteiger partial charge is 0.311 e. The molecule has 2 nitrogen and oxygen atoms in total. The number of esters is 1. The minimum Gasteiger partial charge on any atom is -0.461 e. The van der Waals surface area contributed by atoms with Gasteiger partial charge >= 0.3 is 5.97 Å². The number of carbonyl (C=O) groups is 1. The normalized spacial score (nSPS) is 9.42. The molecular weight excluding hydrogens is 220 g/mol. The van der Waals surface area contributed by atoms with Crippen molar-refractivity contribution in [2.24, 2.45) is 5.41 Å². The lowest BCUT2D eigenvalue weighted by atomic mass is 9.97. The number of rotatable bonds is 2. The van der Waals surface area contributed by atoms with Gasteiger partial charge in [-0.05, 0) is 26.6 Å². The Kier molecular flexibility index (Phi) is 8.71. The van der Waals surface area contributed by atoms with Gasteiger partial charge in [0.05, 0.1) is 5.41 Å². The van der Waals surface area contributed by atoms with Crippen LogP contribution in [0.3, 0.4) is 0 Å². The molecule has 0 aromatic rings. The molecule has 0 aliphatic heterocycles. The maximum atomic E-state index is 11.0. The molecule has 3 heteroatoms. The Morgan fingerprint density at radius 1 is 1.50 bits per heavy atom. The van der Waals surface area contributed by atoms with Gasteiger partial charge in [0.25, 0.3) is 0 Å². The van der Waals surface area contributed by atoms with Crippen molar-refractivity contribution in [1.29, 1.82) is 0 Å². The zero-order chi connectivity index (χ0) is 10.2. The lowest BCUT2D eigenvalue weighted by Crippen LogP contribution is -2.22. The van der Waals surface area contributed by atoms with Gasteiger partial charge in [-0.15, -0.1) is 0 Å². The first-order chi connectivity index (χ1) is 5.48. The highest BCUT2D eigenvalue weighted by Crippen LogP contribution is 2.14. The van der Waals surface area contributed by atoms with Crippen LogP contribution in [0.15, 0.2) is 12.7 Å². The molecule has 0 N–H and O–H groups in total. The number of ether oxygens (including phenoxy) is 1. The summed E-state index contributed by atoms with van der Waals surface area (Å²) in [6, 6.07) is 0. The second kappa shape index (κ2) is 7.35. The van der Waals surface area contributed by atoms with E-state index in [0.29, 0.717) is 6.61 Å². The molecule has 0 aliphatic rings. The van der Waals surface area contributed by atoms with Gasteiger partial charge in [0.2, 0.25) is 0 Å². The highest BCUT2D eigenvalue weighted by molar-refractivity contribution is 9.08. The summed E-state index contributed by atoms with van der Waals surface area (Å²) in [5.74, 6) is 1.62. The zero-order valence-electron chi connectivity index (χ0n) is 8.19. The second-order valence-corrected chi connectivity index (χ2v) is 3.14. The number of alkyl halides is 1. The molecule has 0 atom stereocenters. The molecule has 0 rings (SSSR count). The van der Waals surface area contributed by atoms with E-state index in [2.05, 4.69) is 22.5 Å². The fraction of sp³-hybridized carbons (Fsp3) is 0.667. The number of carbonyl (C=O) groups excluding carboxylic acids is 1. The molecule has 0 amide bonds.